The molecular formula is C22H27F2N4O9P. The predicted octanol–water partition coefficient (Wildman–Crippen LogP) is 2.34. The zero-order chi connectivity index (χ0) is 27.9. The van der Waals surface area contributed by atoms with E-state index in [9.17, 15) is 27.7 Å². The van der Waals surface area contributed by atoms with Crippen LogP contribution in [-0.2, 0) is 28.2 Å². The monoisotopic (exact) mass is 560 g/mol. The first-order valence-corrected chi connectivity index (χ1v) is 13.0. The molecule has 3 unspecified atom stereocenters. The lowest BCUT2D eigenvalue weighted by Gasteiger charge is -2.24. The molecule has 38 heavy (non-hydrogen) atoms. The molecule has 1 aromatic carbocycles. The molecule has 0 bridgehead atoms. The summed E-state index contributed by atoms with van der Waals surface area (Å²) in [6, 6.07) is 7.69. The Kier molecular flexibility index (Phi) is 9.55. The maximum Gasteiger partial charge on any atom is 0.459 e. The van der Waals surface area contributed by atoms with Crippen molar-refractivity contribution >= 4 is 25.5 Å². The highest BCUT2D eigenvalue weighted by Gasteiger charge is 2.52. The number of aromatic nitrogens is 2. The number of carboxylic acids is 1. The second kappa shape index (κ2) is 12.4. The van der Waals surface area contributed by atoms with Gasteiger partial charge in [-0.25, -0.2) is 18.1 Å². The van der Waals surface area contributed by atoms with Gasteiger partial charge >= 0.3 is 25.4 Å². The van der Waals surface area contributed by atoms with Crippen LogP contribution in [0.3, 0.4) is 0 Å². The highest BCUT2D eigenvalue weighted by molar-refractivity contribution is 7.52. The summed E-state index contributed by atoms with van der Waals surface area (Å²) in [5, 5.41) is 11.1. The van der Waals surface area contributed by atoms with Crippen LogP contribution in [0.2, 0.25) is 0 Å². The Balaban J connectivity index is 1.68. The molecular weight excluding hydrogens is 533 g/mol. The van der Waals surface area contributed by atoms with E-state index >= 15 is 0 Å². The molecule has 0 aliphatic carbocycles. The standard InChI is InChI=1S/C22H27F2N4O9P/c1-14(19(31)34-11-5-8-18(29)30)27-38(33,37-15-6-3-2-4-7-15)35-13-16-12-22(23,24)20(36-16)28-10-9-17(25)26-21(28)32/h2-4,6-7,9-10,14,16,20H,5,8,11-13H2,1H3,(H,27,33)(H,29,30)(H2,25,26,32)/t14-,16?,20?,38?/m0/s1. The van der Waals surface area contributed by atoms with Gasteiger partial charge in [-0.3, -0.25) is 18.7 Å². The molecule has 4 atom stereocenters. The SMILES string of the molecule is C[C@H](NP(=O)(OCC1CC(F)(F)C(n2ccc(N)nc2=O)O1)Oc1ccccc1)C(=O)OCCCC(=O)O. The van der Waals surface area contributed by atoms with Crippen molar-refractivity contribution in [2.45, 2.75) is 50.5 Å². The number of nitrogen functional groups attached to an aromatic ring is 1. The number of carbonyl (C=O) groups is 2. The lowest BCUT2D eigenvalue weighted by atomic mass is 10.2. The van der Waals surface area contributed by atoms with Gasteiger partial charge in [-0.05, 0) is 31.5 Å². The number of rotatable bonds is 13. The van der Waals surface area contributed by atoms with E-state index < -0.39 is 62.7 Å². The van der Waals surface area contributed by atoms with Gasteiger partial charge in [-0.15, -0.1) is 0 Å². The molecule has 16 heteroatoms. The summed E-state index contributed by atoms with van der Waals surface area (Å²) in [5.74, 6) is -5.47. The number of nitrogens with one attached hydrogen (secondary N) is 1. The normalized spacial score (nSPS) is 20.8. The van der Waals surface area contributed by atoms with Crippen LogP contribution in [0.5, 0.6) is 5.75 Å². The van der Waals surface area contributed by atoms with Crippen molar-refractivity contribution in [3.63, 3.8) is 0 Å². The van der Waals surface area contributed by atoms with E-state index in [4.69, 9.17) is 29.4 Å². The molecule has 3 rings (SSSR count). The van der Waals surface area contributed by atoms with Crippen LogP contribution < -0.4 is 21.0 Å². The Morgan fingerprint density at radius 2 is 2.05 bits per heavy atom. The Labute approximate surface area is 215 Å². The molecule has 0 spiro atoms. The number of para-hydroxylation sites is 1. The molecule has 208 valence electrons. The van der Waals surface area contributed by atoms with Gasteiger partial charge in [0.15, 0.2) is 0 Å². The minimum atomic E-state index is -4.38. The molecule has 2 aromatic rings. The zero-order valence-electron chi connectivity index (χ0n) is 20.2. The minimum Gasteiger partial charge on any atom is -0.481 e. The smallest absolute Gasteiger partial charge is 0.459 e. The van der Waals surface area contributed by atoms with E-state index in [1.165, 1.54) is 25.1 Å². The first-order valence-electron chi connectivity index (χ1n) is 11.4. The Morgan fingerprint density at radius 3 is 2.71 bits per heavy atom. The number of nitrogens with two attached hydrogens (primary N) is 1. The van der Waals surface area contributed by atoms with Crippen molar-refractivity contribution in [2.75, 3.05) is 18.9 Å². The number of halogens is 2. The second-order valence-electron chi connectivity index (χ2n) is 8.33. The van der Waals surface area contributed by atoms with Crippen LogP contribution in [-0.4, -0.2) is 57.9 Å². The molecule has 4 N–H and O–H groups in total. The van der Waals surface area contributed by atoms with Crippen molar-refractivity contribution in [1.29, 1.82) is 0 Å². The lowest BCUT2D eigenvalue weighted by Crippen LogP contribution is -2.36. The molecule has 1 fully saturated rings. The summed E-state index contributed by atoms with van der Waals surface area (Å²) < 4.78 is 64.6. The van der Waals surface area contributed by atoms with Crippen molar-refractivity contribution in [3.8, 4) is 5.75 Å². The van der Waals surface area contributed by atoms with Gasteiger partial charge in [0.1, 0.15) is 17.6 Å². The molecule has 13 nitrogen and oxygen atoms in total. The fraction of sp³-hybridized carbons (Fsp3) is 0.455. The van der Waals surface area contributed by atoms with E-state index in [1.54, 1.807) is 18.2 Å². The Bertz CT molecular complexity index is 1230. The molecule has 0 saturated carbocycles. The minimum absolute atomic E-state index is 0.0729. The fourth-order valence-electron chi connectivity index (χ4n) is 3.41. The van der Waals surface area contributed by atoms with E-state index in [2.05, 4.69) is 10.1 Å². The average molecular weight is 560 g/mol. The Hall–Kier alpha value is -3.39. The first kappa shape index (κ1) is 29.2. The highest BCUT2D eigenvalue weighted by Crippen LogP contribution is 2.47. The van der Waals surface area contributed by atoms with Crippen molar-refractivity contribution in [3.05, 3.63) is 53.1 Å². The summed E-state index contributed by atoms with van der Waals surface area (Å²) >= 11 is 0. The molecule has 2 heterocycles. The highest BCUT2D eigenvalue weighted by atomic mass is 31.2. The molecule has 1 aliphatic rings. The van der Waals surface area contributed by atoms with E-state index in [0.717, 1.165) is 6.20 Å². The number of esters is 1. The van der Waals surface area contributed by atoms with Gasteiger partial charge in [-0.2, -0.15) is 10.1 Å². The summed E-state index contributed by atoms with van der Waals surface area (Å²) in [7, 11) is -4.38. The fourth-order valence-corrected chi connectivity index (χ4v) is 4.93. The number of carbonyl (C=O) groups excluding carboxylic acids is 1. The lowest BCUT2D eigenvalue weighted by molar-refractivity contribution is -0.146. The van der Waals surface area contributed by atoms with Crippen LogP contribution in [0.15, 0.2) is 47.4 Å². The van der Waals surface area contributed by atoms with Gasteiger partial charge in [0, 0.05) is 19.0 Å². The number of benzene rings is 1. The first-order chi connectivity index (χ1) is 17.9. The largest absolute Gasteiger partial charge is 0.481 e. The van der Waals surface area contributed by atoms with E-state index in [0.29, 0.717) is 4.57 Å². The van der Waals surface area contributed by atoms with Gasteiger partial charge in [-0.1, -0.05) is 18.2 Å². The maximum atomic E-state index is 14.7. The number of aliphatic carboxylic acids is 1. The third kappa shape index (κ3) is 8.05. The number of alkyl halides is 2. The third-order valence-electron chi connectivity index (χ3n) is 5.17. The number of hydrogen-bond acceptors (Lipinski definition) is 10. The number of anilines is 1. The van der Waals surface area contributed by atoms with Gasteiger partial charge in [0.2, 0.25) is 6.23 Å². The van der Waals surface area contributed by atoms with Gasteiger partial charge in [0.25, 0.3) is 5.92 Å². The molecule has 1 aromatic heterocycles. The second-order valence-corrected chi connectivity index (χ2v) is 10.0. The van der Waals surface area contributed by atoms with E-state index in [1.807, 2.05) is 0 Å². The van der Waals surface area contributed by atoms with Gasteiger partial charge in [0.05, 0.1) is 19.3 Å². The quantitative estimate of drug-likeness (QED) is 0.185. The number of hydrogen-bond donors (Lipinski definition) is 3. The Morgan fingerprint density at radius 1 is 1.34 bits per heavy atom. The zero-order valence-corrected chi connectivity index (χ0v) is 21.1. The van der Waals surface area contributed by atoms with Crippen LogP contribution >= 0.6 is 7.75 Å². The molecule has 1 saturated heterocycles. The topological polar surface area (TPSA) is 181 Å². The maximum absolute atomic E-state index is 14.7. The summed E-state index contributed by atoms with van der Waals surface area (Å²) in [5.41, 5.74) is 4.37. The van der Waals surface area contributed by atoms with Crippen LogP contribution in [0.1, 0.15) is 32.4 Å². The van der Waals surface area contributed by atoms with Crippen LogP contribution in [0, 0.1) is 0 Å². The number of carboxylic acid groups (broad SMARTS) is 1. The molecule has 0 radical (unpaired) electrons. The van der Waals surface area contributed by atoms with Gasteiger partial charge < -0.3 is 24.8 Å². The average Bonchev–Trinajstić information content (AvgIpc) is 3.14. The summed E-state index contributed by atoms with van der Waals surface area (Å²) in [6.07, 6.45) is -3.29. The summed E-state index contributed by atoms with van der Waals surface area (Å²) in [4.78, 5) is 38.3. The van der Waals surface area contributed by atoms with Crippen molar-refractivity contribution in [2.24, 2.45) is 0 Å². The van der Waals surface area contributed by atoms with Crippen molar-refractivity contribution in [1.82, 2.24) is 14.6 Å². The van der Waals surface area contributed by atoms with Crippen LogP contribution in [0.4, 0.5) is 14.6 Å². The van der Waals surface area contributed by atoms with Crippen molar-refractivity contribution < 1.29 is 46.6 Å². The third-order valence-corrected chi connectivity index (χ3v) is 6.81. The van der Waals surface area contributed by atoms with E-state index in [-0.39, 0.29) is 31.0 Å². The number of nitrogens with zero attached hydrogens (tertiary/aromatic N) is 2. The summed E-state index contributed by atoms with van der Waals surface area (Å²) in [6.45, 7) is 0.467. The number of ether oxygens (including phenoxy) is 2. The van der Waals surface area contributed by atoms with Crippen LogP contribution in [0.25, 0.3) is 0 Å². The molecule has 1 aliphatic heterocycles. The predicted molar refractivity (Wildman–Crippen MR) is 127 cm³/mol. The molecule has 0 amide bonds.